The minimum atomic E-state index is 0.00399. The highest BCUT2D eigenvalue weighted by molar-refractivity contribution is 7.17. The standard InChI is InChI=1S/C19H19N3O2S/c20-14-8-4-10-22(12-14)19(23)17-16(13-6-2-1-3-7-13)21-18(25-17)15-9-5-11-24-15/h1-3,5-7,9,11,14H,4,8,10,12,20H2. The number of rotatable bonds is 3. The van der Waals surface area contributed by atoms with E-state index in [9.17, 15) is 4.79 Å². The van der Waals surface area contributed by atoms with Crippen LogP contribution in [-0.2, 0) is 0 Å². The predicted molar refractivity (Wildman–Crippen MR) is 98.4 cm³/mol. The van der Waals surface area contributed by atoms with E-state index in [0.717, 1.165) is 24.9 Å². The smallest absolute Gasteiger partial charge is 0.266 e. The molecule has 3 aromatic rings. The van der Waals surface area contributed by atoms with Crippen LogP contribution in [0.3, 0.4) is 0 Å². The van der Waals surface area contributed by atoms with Crippen molar-refractivity contribution < 1.29 is 9.21 Å². The molecule has 1 fully saturated rings. The topological polar surface area (TPSA) is 72.4 Å². The fraction of sp³-hybridized carbons (Fsp3) is 0.263. The number of hydrogen-bond donors (Lipinski definition) is 1. The van der Waals surface area contributed by atoms with Crippen molar-refractivity contribution in [1.29, 1.82) is 0 Å². The molecule has 4 rings (SSSR count). The van der Waals surface area contributed by atoms with Crippen molar-refractivity contribution in [3.05, 3.63) is 53.6 Å². The van der Waals surface area contributed by atoms with Crippen molar-refractivity contribution in [3.63, 3.8) is 0 Å². The molecule has 0 spiro atoms. The van der Waals surface area contributed by atoms with Crippen LogP contribution >= 0.6 is 11.3 Å². The van der Waals surface area contributed by atoms with Gasteiger partial charge in [0.1, 0.15) is 4.88 Å². The minimum Gasteiger partial charge on any atom is -0.462 e. The van der Waals surface area contributed by atoms with Crippen molar-refractivity contribution in [3.8, 4) is 22.0 Å². The first-order valence-electron chi connectivity index (χ1n) is 8.37. The van der Waals surface area contributed by atoms with E-state index in [1.54, 1.807) is 6.26 Å². The lowest BCUT2D eigenvalue weighted by atomic mass is 10.1. The number of amides is 1. The minimum absolute atomic E-state index is 0.00399. The lowest BCUT2D eigenvalue weighted by Crippen LogP contribution is -2.45. The van der Waals surface area contributed by atoms with Crippen LogP contribution in [0.15, 0.2) is 53.1 Å². The lowest BCUT2D eigenvalue weighted by molar-refractivity contribution is 0.0714. The van der Waals surface area contributed by atoms with Gasteiger partial charge in [-0.05, 0) is 25.0 Å². The molecule has 1 aliphatic heterocycles. The van der Waals surface area contributed by atoms with Gasteiger partial charge < -0.3 is 15.1 Å². The van der Waals surface area contributed by atoms with Crippen LogP contribution in [0.2, 0.25) is 0 Å². The highest BCUT2D eigenvalue weighted by Crippen LogP contribution is 2.35. The van der Waals surface area contributed by atoms with Gasteiger partial charge in [0.2, 0.25) is 0 Å². The molecule has 2 aromatic heterocycles. The van der Waals surface area contributed by atoms with Crippen LogP contribution in [0.1, 0.15) is 22.5 Å². The normalized spacial score (nSPS) is 17.6. The van der Waals surface area contributed by atoms with Crippen molar-refractivity contribution >= 4 is 17.2 Å². The Labute approximate surface area is 150 Å². The summed E-state index contributed by atoms with van der Waals surface area (Å²) in [4.78, 5) is 20.3. The Morgan fingerprint density at radius 3 is 2.80 bits per heavy atom. The number of nitrogens with zero attached hydrogens (tertiary/aromatic N) is 2. The zero-order chi connectivity index (χ0) is 17.2. The van der Waals surface area contributed by atoms with Crippen molar-refractivity contribution in [1.82, 2.24) is 9.88 Å². The maximum Gasteiger partial charge on any atom is 0.266 e. The van der Waals surface area contributed by atoms with Crippen molar-refractivity contribution in [2.45, 2.75) is 18.9 Å². The number of furan rings is 1. The van der Waals surface area contributed by atoms with Crippen LogP contribution in [0, 0.1) is 0 Å². The summed E-state index contributed by atoms with van der Waals surface area (Å²) in [6.45, 7) is 1.34. The van der Waals surface area contributed by atoms with Gasteiger partial charge in [0.25, 0.3) is 5.91 Å². The molecular weight excluding hydrogens is 334 g/mol. The van der Waals surface area contributed by atoms with Crippen LogP contribution in [-0.4, -0.2) is 34.9 Å². The highest BCUT2D eigenvalue weighted by Gasteiger charge is 2.28. The van der Waals surface area contributed by atoms with E-state index in [2.05, 4.69) is 0 Å². The van der Waals surface area contributed by atoms with E-state index in [4.69, 9.17) is 15.1 Å². The molecule has 1 unspecified atom stereocenters. The third-order valence-electron chi connectivity index (χ3n) is 4.35. The fourth-order valence-corrected chi connectivity index (χ4v) is 4.12. The summed E-state index contributed by atoms with van der Waals surface area (Å²) in [5.74, 6) is 0.681. The highest BCUT2D eigenvalue weighted by atomic mass is 32.1. The Morgan fingerprint density at radius 1 is 1.24 bits per heavy atom. The molecule has 1 aliphatic rings. The Morgan fingerprint density at radius 2 is 2.08 bits per heavy atom. The Hall–Kier alpha value is -2.44. The van der Waals surface area contributed by atoms with Gasteiger partial charge in [-0.3, -0.25) is 4.79 Å². The third kappa shape index (κ3) is 3.23. The zero-order valence-corrected chi connectivity index (χ0v) is 14.5. The summed E-state index contributed by atoms with van der Waals surface area (Å²) >= 11 is 1.38. The molecule has 1 aromatic carbocycles. The molecule has 1 saturated heterocycles. The van der Waals surface area contributed by atoms with Crippen molar-refractivity contribution in [2.75, 3.05) is 13.1 Å². The Kier molecular flexibility index (Phi) is 4.38. The second kappa shape index (κ2) is 6.82. The number of hydrogen-bond acceptors (Lipinski definition) is 5. The van der Waals surface area contributed by atoms with E-state index in [-0.39, 0.29) is 11.9 Å². The number of nitrogens with two attached hydrogens (primary N) is 1. The molecule has 0 bridgehead atoms. The summed E-state index contributed by atoms with van der Waals surface area (Å²) in [6, 6.07) is 13.5. The molecule has 5 nitrogen and oxygen atoms in total. The van der Waals surface area contributed by atoms with Gasteiger partial charge in [-0.25, -0.2) is 4.98 Å². The molecule has 2 N–H and O–H groups in total. The SMILES string of the molecule is NC1CCCN(C(=O)c2sc(-c3ccco3)nc2-c2ccccc2)C1. The molecule has 1 atom stereocenters. The number of benzene rings is 1. The second-order valence-corrected chi connectivity index (χ2v) is 7.19. The molecule has 3 heterocycles. The van der Waals surface area contributed by atoms with Gasteiger partial charge in [0.15, 0.2) is 10.8 Å². The second-order valence-electron chi connectivity index (χ2n) is 6.19. The lowest BCUT2D eigenvalue weighted by Gasteiger charge is -2.30. The monoisotopic (exact) mass is 353 g/mol. The predicted octanol–water partition coefficient (Wildman–Crippen LogP) is 3.63. The number of carbonyl (C=O) groups is 1. The Bertz CT molecular complexity index is 858. The summed E-state index contributed by atoms with van der Waals surface area (Å²) in [6.07, 6.45) is 3.52. The van der Waals surface area contributed by atoms with Gasteiger partial charge in [0, 0.05) is 24.7 Å². The molecule has 0 saturated carbocycles. The maximum absolute atomic E-state index is 13.1. The van der Waals surface area contributed by atoms with Gasteiger partial charge in [-0.15, -0.1) is 11.3 Å². The van der Waals surface area contributed by atoms with Gasteiger partial charge in [-0.2, -0.15) is 0 Å². The van der Waals surface area contributed by atoms with Gasteiger partial charge in [-0.1, -0.05) is 30.3 Å². The third-order valence-corrected chi connectivity index (χ3v) is 5.40. The molecule has 1 amide bonds. The average molecular weight is 353 g/mol. The van der Waals surface area contributed by atoms with E-state index in [1.807, 2.05) is 47.4 Å². The first-order valence-corrected chi connectivity index (χ1v) is 9.19. The van der Waals surface area contributed by atoms with E-state index >= 15 is 0 Å². The quantitative estimate of drug-likeness (QED) is 0.780. The molecule has 25 heavy (non-hydrogen) atoms. The number of piperidine rings is 1. The number of likely N-dealkylation sites (tertiary alicyclic amines) is 1. The van der Waals surface area contributed by atoms with E-state index in [0.29, 0.717) is 27.9 Å². The molecule has 128 valence electrons. The number of carbonyl (C=O) groups excluding carboxylic acids is 1. The summed E-state index contributed by atoms with van der Waals surface area (Å²) < 4.78 is 5.47. The molecule has 6 heteroatoms. The van der Waals surface area contributed by atoms with Crippen LogP contribution in [0.4, 0.5) is 0 Å². The molecular formula is C19H19N3O2S. The van der Waals surface area contributed by atoms with Crippen LogP contribution < -0.4 is 5.73 Å². The maximum atomic E-state index is 13.1. The summed E-state index contributed by atoms with van der Waals surface area (Å²) in [7, 11) is 0. The number of thiazole rings is 1. The first kappa shape index (κ1) is 16.1. The summed E-state index contributed by atoms with van der Waals surface area (Å²) in [5.41, 5.74) is 7.69. The fourth-order valence-electron chi connectivity index (χ4n) is 3.10. The molecule has 0 radical (unpaired) electrons. The van der Waals surface area contributed by atoms with Gasteiger partial charge >= 0.3 is 0 Å². The average Bonchev–Trinajstić information content (AvgIpc) is 3.31. The molecule has 0 aliphatic carbocycles. The number of aromatic nitrogens is 1. The first-order chi connectivity index (χ1) is 12.2. The largest absolute Gasteiger partial charge is 0.462 e. The van der Waals surface area contributed by atoms with E-state index < -0.39 is 0 Å². The van der Waals surface area contributed by atoms with Crippen molar-refractivity contribution in [2.24, 2.45) is 5.73 Å². The van der Waals surface area contributed by atoms with Crippen LogP contribution in [0.25, 0.3) is 22.0 Å². The van der Waals surface area contributed by atoms with E-state index in [1.165, 1.54) is 11.3 Å². The summed E-state index contributed by atoms with van der Waals surface area (Å²) in [5, 5.41) is 0.716. The van der Waals surface area contributed by atoms with Crippen LogP contribution in [0.5, 0.6) is 0 Å². The Balaban J connectivity index is 1.76. The van der Waals surface area contributed by atoms with Gasteiger partial charge in [0.05, 0.1) is 12.0 Å². The zero-order valence-electron chi connectivity index (χ0n) is 13.7.